The fourth-order valence-corrected chi connectivity index (χ4v) is 4.01. The van der Waals surface area contributed by atoms with E-state index in [1.165, 1.54) is 20.3 Å². The predicted octanol–water partition coefficient (Wildman–Crippen LogP) is 2.03. The molecule has 41 heavy (non-hydrogen) atoms. The number of carbonyl (C=O) groups is 5. The summed E-state index contributed by atoms with van der Waals surface area (Å²) in [5.74, 6) is -2.46. The summed E-state index contributed by atoms with van der Waals surface area (Å²) in [6, 6.07) is 8.75. The zero-order chi connectivity index (χ0) is 29.4. The van der Waals surface area contributed by atoms with Crippen molar-refractivity contribution < 1.29 is 33.4 Å². The molecule has 1 atom stereocenters. The monoisotopic (exact) mass is 588 g/mol. The van der Waals surface area contributed by atoms with Gasteiger partial charge in [0, 0.05) is 38.6 Å². The Morgan fingerprint density at radius 2 is 1.51 bits per heavy atom. The molecule has 0 saturated carbocycles. The van der Waals surface area contributed by atoms with Gasteiger partial charge in [0.2, 0.25) is 5.91 Å². The maximum absolute atomic E-state index is 13.0. The van der Waals surface area contributed by atoms with Crippen LogP contribution >= 0.6 is 12.4 Å². The highest BCUT2D eigenvalue weighted by atomic mass is 35.5. The van der Waals surface area contributed by atoms with Crippen molar-refractivity contribution in [3.05, 3.63) is 65.7 Å². The molecule has 1 unspecified atom stereocenters. The van der Waals surface area contributed by atoms with Gasteiger partial charge in [0.25, 0.3) is 11.8 Å². The van der Waals surface area contributed by atoms with Gasteiger partial charge in [-0.05, 0) is 36.2 Å². The molecular formula is C27H33ClN6O7. The van der Waals surface area contributed by atoms with E-state index in [2.05, 4.69) is 20.7 Å². The molecule has 3 aromatic rings. The van der Waals surface area contributed by atoms with Crippen molar-refractivity contribution in [1.82, 2.24) is 14.5 Å². The number of ether oxygens (including phenoxy) is 2. The number of hydrogen-bond donors (Lipinski definition) is 4. The Bertz CT molecular complexity index is 1430. The summed E-state index contributed by atoms with van der Waals surface area (Å²) in [5.41, 5.74) is 8.30. The number of benzene rings is 1. The Balaban J connectivity index is 0.00000588. The van der Waals surface area contributed by atoms with Crippen molar-refractivity contribution in [3.63, 3.8) is 0 Å². The van der Waals surface area contributed by atoms with Crippen LogP contribution < -0.4 is 21.7 Å². The van der Waals surface area contributed by atoms with Crippen LogP contribution in [0.3, 0.4) is 0 Å². The van der Waals surface area contributed by atoms with Crippen molar-refractivity contribution >= 4 is 59.1 Å². The van der Waals surface area contributed by atoms with Crippen LogP contribution in [0.25, 0.3) is 0 Å². The molecule has 0 radical (unpaired) electrons. The smallest absolute Gasteiger partial charge is 0.328 e. The first-order chi connectivity index (χ1) is 19.0. The number of nitrogen functional groups attached to an aromatic ring is 1. The molecule has 2 aromatic heterocycles. The number of carbonyl (C=O) groups excluding carboxylic acids is 5. The van der Waals surface area contributed by atoms with Crippen molar-refractivity contribution in [2.24, 2.45) is 14.1 Å². The lowest BCUT2D eigenvalue weighted by molar-refractivity contribution is -0.146. The highest BCUT2D eigenvalue weighted by Gasteiger charge is 2.23. The van der Waals surface area contributed by atoms with Gasteiger partial charge in [-0.3, -0.25) is 19.2 Å². The Morgan fingerprint density at radius 1 is 0.878 bits per heavy atom. The Kier molecular flexibility index (Phi) is 11.5. The van der Waals surface area contributed by atoms with Crippen LogP contribution in [0.5, 0.6) is 0 Å². The molecule has 3 rings (SSSR count). The van der Waals surface area contributed by atoms with Crippen LogP contribution in [-0.4, -0.2) is 59.1 Å². The van der Waals surface area contributed by atoms with E-state index in [1.807, 2.05) is 0 Å². The third-order valence-corrected chi connectivity index (χ3v) is 5.99. The standard InChI is InChI=1S/C27H32N6O7.ClH/c1-32-14-17(28)12-21(32)25(36)30-19-13-22(33(2)15-19)26(37)29-18-7-5-6-16(10-18)11-23(34)31-20(27(38)40-4)8-9-24(35)39-3;/h5-7,10,12-15,20H,8-9,11,28H2,1-4H3,(H,29,37)(H,30,36)(H,31,34);1H. The minimum atomic E-state index is -1.01. The van der Waals surface area contributed by atoms with Crippen molar-refractivity contribution in [1.29, 1.82) is 0 Å². The van der Waals surface area contributed by atoms with Gasteiger partial charge in [-0.25, -0.2) is 4.79 Å². The van der Waals surface area contributed by atoms with E-state index in [-0.39, 0.29) is 43.3 Å². The van der Waals surface area contributed by atoms with Gasteiger partial charge in [0.05, 0.1) is 32.0 Å². The van der Waals surface area contributed by atoms with E-state index in [0.717, 1.165) is 0 Å². The van der Waals surface area contributed by atoms with Gasteiger partial charge in [0.15, 0.2) is 0 Å². The first kappa shape index (κ1) is 32.4. The molecule has 14 heteroatoms. The fourth-order valence-electron chi connectivity index (χ4n) is 4.01. The summed E-state index contributed by atoms with van der Waals surface area (Å²) in [7, 11) is 5.80. The SMILES string of the molecule is COC(=O)CCC(NC(=O)Cc1cccc(NC(=O)c2cc(NC(=O)c3cc(N)cn3C)cn2C)c1)C(=O)OC.Cl. The summed E-state index contributed by atoms with van der Waals surface area (Å²) in [6.07, 6.45) is 3.11. The van der Waals surface area contributed by atoms with Crippen molar-refractivity contribution in [3.8, 4) is 0 Å². The average molecular weight is 589 g/mol. The number of hydrogen-bond acceptors (Lipinski definition) is 8. The minimum Gasteiger partial charge on any atom is -0.469 e. The molecule has 13 nitrogen and oxygen atoms in total. The van der Waals surface area contributed by atoms with Crippen molar-refractivity contribution in [2.45, 2.75) is 25.3 Å². The van der Waals surface area contributed by atoms with E-state index in [0.29, 0.717) is 28.3 Å². The average Bonchev–Trinajstić information content (AvgIpc) is 3.45. The number of nitrogens with zero attached hydrogens (tertiary/aromatic N) is 2. The molecule has 3 amide bonds. The highest BCUT2D eigenvalue weighted by Crippen LogP contribution is 2.18. The number of aromatic nitrogens is 2. The molecule has 0 aliphatic carbocycles. The molecule has 0 spiro atoms. The van der Waals surface area contributed by atoms with Gasteiger partial charge < -0.3 is 40.3 Å². The molecule has 0 saturated heterocycles. The summed E-state index contributed by atoms with van der Waals surface area (Å²) in [6.45, 7) is 0. The third kappa shape index (κ3) is 8.86. The van der Waals surface area contributed by atoms with E-state index in [1.54, 1.807) is 66.0 Å². The molecule has 0 bridgehead atoms. The van der Waals surface area contributed by atoms with Crippen LogP contribution in [0.15, 0.2) is 48.8 Å². The molecule has 1 aromatic carbocycles. The Morgan fingerprint density at radius 3 is 2.12 bits per heavy atom. The quantitative estimate of drug-likeness (QED) is 0.246. The minimum absolute atomic E-state index is 0. The molecular weight excluding hydrogens is 556 g/mol. The molecule has 5 N–H and O–H groups in total. The maximum Gasteiger partial charge on any atom is 0.328 e. The number of nitrogens with two attached hydrogens (primary N) is 1. The van der Waals surface area contributed by atoms with E-state index < -0.39 is 29.8 Å². The summed E-state index contributed by atoms with van der Waals surface area (Å²) in [5, 5.41) is 8.10. The number of anilines is 3. The van der Waals surface area contributed by atoms with E-state index in [9.17, 15) is 24.0 Å². The molecule has 0 fully saturated rings. The summed E-state index contributed by atoms with van der Waals surface area (Å²) >= 11 is 0. The number of esters is 2. The number of amides is 3. The fraction of sp³-hybridized carbons (Fsp3) is 0.296. The zero-order valence-corrected chi connectivity index (χ0v) is 23.9. The van der Waals surface area contributed by atoms with Gasteiger partial charge in [-0.1, -0.05) is 12.1 Å². The van der Waals surface area contributed by atoms with Crippen LogP contribution in [-0.2, 0) is 44.4 Å². The van der Waals surface area contributed by atoms with Gasteiger partial charge in [0.1, 0.15) is 17.4 Å². The second kappa shape index (κ2) is 14.6. The van der Waals surface area contributed by atoms with Gasteiger partial charge in [-0.2, -0.15) is 0 Å². The molecule has 2 heterocycles. The summed E-state index contributed by atoms with van der Waals surface area (Å²) < 4.78 is 12.5. The number of nitrogens with one attached hydrogen (secondary N) is 3. The molecule has 0 aliphatic rings. The number of methoxy groups -OCH3 is 2. The highest BCUT2D eigenvalue weighted by molar-refractivity contribution is 6.07. The van der Waals surface area contributed by atoms with Crippen LogP contribution in [0.1, 0.15) is 39.4 Å². The zero-order valence-electron chi connectivity index (χ0n) is 23.1. The lowest BCUT2D eigenvalue weighted by atomic mass is 10.1. The van der Waals surface area contributed by atoms with Crippen molar-refractivity contribution in [2.75, 3.05) is 30.6 Å². The second-order valence-corrected chi connectivity index (χ2v) is 9.04. The number of halogens is 1. The summed E-state index contributed by atoms with van der Waals surface area (Å²) in [4.78, 5) is 61.6. The normalized spacial score (nSPS) is 11.0. The lowest BCUT2D eigenvalue weighted by Crippen LogP contribution is -2.42. The van der Waals surface area contributed by atoms with Gasteiger partial charge >= 0.3 is 11.9 Å². The first-order valence-electron chi connectivity index (χ1n) is 12.2. The van der Waals surface area contributed by atoms with Crippen LogP contribution in [0, 0.1) is 0 Å². The molecule has 220 valence electrons. The van der Waals surface area contributed by atoms with Crippen LogP contribution in [0.2, 0.25) is 0 Å². The second-order valence-electron chi connectivity index (χ2n) is 9.04. The number of rotatable bonds is 11. The Hall–Kier alpha value is -4.78. The third-order valence-electron chi connectivity index (χ3n) is 5.99. The van der Waals surface area contributed by atoms with E-state index in [4.69, 9.17) is 10.5 Å². The largest absolute Gasteiger partial charge is 0.469 e. The maximum atomic E-state index is 13.0. The predicted molar refractivity (Wildman–Crippen MR) is 154 cm³/mol. The topological polar surface area (TPSA) is 176 Å². The Labute approximate surface area is 242 Å². The van der Waals surface area contributed by atoms with Gasteiger partial charge in [-0.15, -0.1) is 12.4 Å². The lowest BCUT2D eigenvalue weighted by Gasteiger charge is -2.16. The molecule has 0 aliphatic heterocycles. The van der Waals surface area contributed by atoms with Crippen LogP contribution in [0.4, 0.5) is 17.1 Å². The first-order valence-corrected chi connectivity index (χ1v) is 12.2. The number of aryl methyl sites for hydroxylation is 2. The van der Waals surface area contributed by atoms with E-state index >= 15 is 0 Å².